The van der Waals surface area contributed by atoms with Gasteiger partial charge in [-0.15, -0.1) is 0 Å². The molecule has 25 heavy (non-hydrogen) atoms. The highest BCUT2D eigenvalue weighted by Crippen LogP contribution is 2.26. The van der Waals surface area contributed by atoms with Crippen LogP contribution in [0.1, 0.15) is 78.4 Å². The summed E-state index contributed by atoms with van der Waals surface area (Å²) in [5.41, 5.74) is 8.24. The lowest BCUT2D eigenvalue weighted by Crippen LogP contribution is -2.06. The number of hydrogen-bond acceptors (Lipinski definition) is 3. The van der Waals surface area contributed by atoms with Gasteiger partial charge in [-0.3, -0.25) is 4.98 Å². The Balaban J connectivity index is 0.000000421. The van der Waals surface area contributed by atoms with Crippen LogP contribution in [0.2, 0.25) is 0 Å². The second-order valence-corrected chi connectivity index (χ2v) is 6.83. The van der Waals surface area contributed by atoms with Crippen molar-refractivity contribution in [3.05, 3.63) is 54.0 Å². The Morgan fingerprint density at radius 3 is 1.80 bits per heavy atom. The maximum Gasteiger partial charge on any atom is 0.126 e. The summed E-state index contributed by atoms with van der Waals surface area (Å²) in [5, 5.41) is 0. The third-order valence-corrected chi connectivity index (χ3v) is 4.57. The van der Waals surface area contributed by atoms with E-state index in [-0.39, 0.29) is 0 Å². The predicted octanol–water partition coefficient (Wildman–Crippen LogP) is 6.29. The van der Waals surface area contributed by atoms with Gasteiger partial charge in [0.1, 0.15) is 5.82 Å². The van der Waals surface area contributed by atoms with Crippen LogP contribution in [0.4, 0.5) is 5.82 Å². The highest BCUT2D eigenvalue weighted by Gasteiger charge is 2.12. The predicted molar refractivity (Wildman–Crippen MR) is 111 cm³/mol. The molecule has 2 aromatic heterocycles. The van der Waals surface area contributed by atoms with Gasteiger partial charge in [0.2, 0.25) is 0 Å². The summed E-state index contributed by atoms with van der Waals surface area (Å²) in [4.78, 5) is 8.15. The minimum absolute atomic E-state index is 0.485. The van der Waals surface area contributed by atoms with Crippen LogP contribution >= 0.6 is 0 Å². The van der Waals surface area contributed by atoms with E-state index < -0.39 is 0 Å². The van der Waals surface area contributed by atoms with Crippen molar-refractivity contribution in [3.63, 3.8) is 0 Å². The topological polar surface area (TPSA) is 51.8 Å². The molecule has 2 rings (SSSR count). The number of aromatic nitrogens is 2. The van der Waals surface area contributed by atoms with Crippen LogP contribution in [0.15, 0.2) is 42.9 Å². The Morgan fingerprint density at radius 2 is 1.36 bits per heavy atom. The van der Waals surface area contributed by atoms with E-state index in [0.29, 0.717) is 29.5 Å². The van der Waals surface area contributed by atoms with Gasteiger partial charge >= 0.3 is 0 Å². The first-order valence-corrected chi connectivity index (χ1v) is 9.44. The van der Waals surface area contributed by atoms with Gasteiger partial charge in [0.25, 0.3) is 0 Å². The van der Waals surface area contributed by atoms with Crippen LogP contribution in [0, 0.1) is 11.8 Å². The normalized spacial score (nSPS) is 12.6. The van der Waals surface area contributed by atoms with Gasteiger partial charge in [-0.25, -0.2) is 4.98 Å². The van der Waals surface area contributed by atoms with Crippen molar-refractivity contribution in [3.8, 4) is 0 Å². The Morgan fingerprint density at radius 1 is 0.800 bits per heavy atom. The number of nitrogens with two attached hydrogens (primary N) is 1. The lowest BCUT2D eigenvalue weighted by Gasteiger charge is -2.16. The van der Waals surface area contributed by atoms with E-state index in [1.165, 1.54) is 5.56 Å². The number of nitrogens with zero attached hydrogens (tertiary/aromatic N) is 2. The van der Waals surface area contributed by atoms with Crippen molar-refractivity contribution < 1.29 is 0 Å². The molecular formula is C22H37N3. The fraction of sp³-hybridized carbons (Fsp3) is 0.545. The molecule has 0 amide bonds. The van der Waals surface area contributed by atoms with E-state index >= 15 is 0 Å². The molecule has 2 N–H and O–H groups in total. The summed E-state index contributed by atoms with van der Waals surface area (Å²) in [6.45, 7) is 17.3. The smallest absolute Gasteiger partial charge is 0.126 e. The Bertz CT molecular complexity index is 564. The summed E-state index contributed by atoms with van der Waals surface area (Å²) >= 11 is 0. The van der Waals surface area contributed by atoms with Gasteiger partial charge in [-0.05, 0) is 46.9 Å². The number of hydrogen-bond donors (Lipinski definition) is 1. The number of pyridine rings is 2. The molecule has 0 aliphatic carbocycles. The monoisotopic (exact) mass is 343 g/mol. The van der Waals surface area contributed by atoms with E-state index in [1.54, 1.807) is 6.20 Å². The molecule has 2 unspecified atom stereocenters. The fourth-order valence-electron chi connectivity index (χ4n) is 2.20. The van der Waals surface area contributed by atoms with Crippen LogP contribution in [0.25, 0.3) is 0 Å². The zero-order valence-corrected chi connectivity index (χ0v) is 17.3. The zero-order valence-electron chi connectivity index (χ0n) is 17.3. The maximum atomic E-state index is 5.75. The molecule has 0 aromatic carbocycles. The average Bonchev–Trinajstić information content (AvgIpc) is 2.63. The van der Waals surface area contributed by atoms with Crippen LogP contribution in [-0.2, 0) is 0 Å². The van der Waals surface area contributed by atoms with Crippen molar-refractivity contribution in [2.24, 2.45) is 11.8 Å². The van der Waals surface area contributed by atoms with E-state index in [4.69, 9.17) is 5.73 Å². The van der Waals surface area contributed by atoms with Crippen molar-refractivity contribution >= 4 is 5.82 Å². The van der Waals surface area contributed by atoms with Gasteiger partial charge in [-0.1, -0.05) is 67.5 Å². The highest BCUT2D eigenvalue weighted by atomic mass is 14.8. The Kier molecular flexibility index (Phi) is 11.5. The zero-order chi connectivity index (χ0) is 19.4. The fourth-order valence-corrected chi connectivity index (χ4v) is 2.20. The molecular weight excluding hydrogens is 306 g/mol. The number of rotatable bonds is 4. The molecule has 2 heterocycles. The summed E-state index contributed by atoms with van der Waals surface area (Å²) in [6.07, 6.45) is 5.49. The molecule has 0 saturated carbocycles. The van der Waals surface area contributed by atoms with Crippen molar-refractivity contribution in [1.82, 2.24) is 9.97 Å². The molecule has 2 atom stereocenters. The van der Waals surface area contributed by atoms with Crippen molar-refractivity contribution in [2.75, 3.05) is 5.73 Å². The van der Waals surface area contributed by atoms with Gasteiger partial charge < -0.3 is 5.73 Å². The highest BCUT2D eigenvalue weighted by molar-refractivity contribution is 5.40. The first-order chi connectivity index (χ1) is 11.8. The molecule has 140 valence electrons. The molecule has 3 heteroatoms. The van der Waals surface area contributed by atoms with Crippen LogP contribution in [0.3, 0.4) is 0 Å². The Hall–Kier alpha value is -1.90. The number of nitrogen functional groups attached to an aromatic ring is 1. The molecule has 0 spiro atoms. The maximum absolute atomic E-state index is 5.75. The molecule has 0 saturated heterocycles. The summed E-state index contributed by atoms with van der Waals surface area (Å²) in [7, 11) is 0. The number of anilines is 1. The lowest BCUT2D eigenvalue weighted by atomic mass is 9.91. The largest absolute Gasteiger partial charge is 0.383 e. The second-order valence-electron chi connectivity index (χ2n) is 6.83. The standard InChI is InChI=1S/C10H16N2.C10H15N.C2H6/c1-7(2)8(3)9-5-4-6-12-10(9)11;1-8(2)9(3)10-5-4-6-11-7-10;1-2/h4-8H,1-3H3,(H2,11,12);4-9H,1-3H3;1-2H3. The first-order valence-electron chi connectivity index (χ1n) is 9.44. The molecule has 0 bridgehead atoms. The van der Waals surface area contributed by atoms with E-state index in [0.717, 1.165) is 5.56 Å². The molecule has 0 aliphatic rings. The van der Waals surface area contributed by atoms with Gasteiger partial charge in [-0.2, -0.15) is 0 Å². The van der Waals surface area contributed by atoms with Crippen LogP contribution in [0.5, 0.6) is 0 Å². The summed E-state index contributed by atoms with van der Waals surface area (Å²) < 4.78 is 0. The second kappa shape index (κ2) is 12.5. The molecule has 0 aliphatic heterocycles. The van der Waals surface area contributed by atoms with Crippen LogP contribution in [-0.4, -0.2) is 9.97 Å². The SMILES string of the molecule is CC.CC(C)C(C)c1cccnc1.CC(C)C(C)c1cccnc1N. The molecule has 3 nitrogen and oxygen atoms in total. The lowest BCUT2D eigenvalue weighted by molar-refractivity contribution is 0.534. The van der Waals surface area contributed by atoms with E-state index in [1.807, 2.05) is 44.4 Å². The molecule has 0 radical (unpaired) electrons. The minimum atomic E-state index is 0.485. The van der Waals surface area contributed by atoms with Crippen LogP contribution < -0.4 is 5.73 Å². The van der Waals surface area contributed by atoms with Crippen molar-refractivity contribution in [1.29, 1.82) is 0 Å². The minimum Gasteiger partial charge on any atom is -0.383 e. The van der Waals surface area contributed by atoms with Gasteiger partial charge in [0.15, 0.2) is 0 Å². The van der Waals surface area contributed by atoms with E-state index in [9.17, 15) is 0 Å². The Labute approximate surface area is 155 Å². The average molecular weight is 344 g/mol. The summed E-state index contributed by atoms with van der Waals surface area (Å²) in [5.74, 6) is 3.07. The quantitative estimate of drug-likeness (QED) is 0.709. The summed E-state index contributed by atoms with van der Waals surface area (Å²) in [6, 6.07) is 8.11. The molecule has 2 aromatic rings. The molecule has 0 fully saturated rings. The third-order valence-electron chi connectivity index (χ3n) is 4.57. The first kappa shape index (κ1) is 23.1. The van der Waals surface area contributed by atoms with Crippen molar-refractivity contribution in [2.45, 2.75) is 67.2 Å². The van der Waals surface area contributed by atoms with Gasteiger partial charge in [0.05, 0.1) is 0 Å². The van der Waals surface area contributed by atoms with Gasteiger partial charge in [0, 0.05) is 18.6 Å². The van der Waals surface area contributed by atoms with E-state index in [2.05, 4.69) is 57.6 Å². The third kappa shape index (κ3) is 8.15.